The molecule has 0 atom stereocenters. The van der Waals surface area contributed by atoms with Crippen LogP contribution in [0.25, 0.3) is 10.8 Å². The Morgan fingerprint density at radius 3 is 2.20 bits per heavy atom. The third-order valence-electron chi connectivity index (χ3n) is 3.18. The van der Waals surface area contributed by atoms with Crippen LogP contribution in [0.1, 0.15) is 10.4 Å². The monoisotopic (exact) mass is 296 g/mol. The van der Waals surface area contributed by atoms with Crippen LogP contribution in [0.3, 0.4) is 0 Å². The Morgan fingerprint density at radius 1 is 1.00 bits per heavy atom. The Kier molecular flexibility index (Phi) is 4.35. The summed E-state index contributed by atoms with van der Waals surface area (Å²) in [5.74, 6) is -0.379. The van der Waals surface area contributed by atoms with Gasteiger partial charge in [-0.25, -0.2) is 0 Å². The van der Waals surface area contributed by atoms with Crippen LogP contribution in [0.4, 0.5) is 0 Å². The zero-order chi connectivity index (χ0) is 14.8. The van der Waals surface area contributed by atoms with Gasteiger partial charge in [-0.15, -0.1) is 0 Å². The summed E-state index contributed by atoms with van der Waals surface area (Å²) in [4.78, 5) is 21.7. The van der Waals surface area contributed by atoms with Crippen LogP contribution in [0, 0.1) is 0 Å². The van der Waals surface area contributed by atoms with Crippen molar-refractivity contribution in [2.75, 3.05) is 21.3 Å². The maximum absolute atomic E-state index is 11.5. The predicted octanol–water partition coefficient (Wildman–Crippen LogP) is 2.03. The van der Waals surface area contributed by atoms with Gasteiger partial charge in [-0.3, -0.25) is 0 Å². The maximum atomic E-state index is 11.5. The molecule has 0 amide bonds. The van der Waals surface area contributed by atoms with Gasteiger partial charge >= 0.3 is 117 Å². The number of hydrogen-bond acceptors (Lipinski definition) is 5. The number of ether oxygens (including phenoxy) is 1. The van der Waals surface area contributed by atoms with Crippen molar-refractivity contribution in [1.82, 2.24) is 0 Å². The van der Waals surface area contributed by atoms with Crippen LogP contribution < -0.4 is 5.30 Å². The van der Waals surface area contributed by atoms with E-state index in [0.717, 1.165) is 10.8 Å². The van der Waals surface area contributed by atoms with E-state index in [1.54, 1.807) is 30.3 Å². The molecular formula is C14H17O5P. The number of fused-ring (bicyclic) bond motifs is 1. The van der Waals surface area contributed by atoms with Crippen molar-refractivity contribution in [2.24, 2.45) is 0 Å². The normalized spacial score (nSPS) is 12.4. The third-order valence-corrected chi connectivity index (χ3v) is 5.33. The Labute approximate surface area is 117 Å². The topological polar surface area (TPSA) is 65.0 Å². The number of methoxy groups -OCH3 is 1. The van der Waals surface area contributed by atoms with Crippen LogP contribution >= 0.6 is 7.94 Å². The molecule has 0 aliphatic carbocycles. The number of carbonyl (C=O) groups excluding carboxylic acids is 1. The zero-order valence-corrected chi connectivity index (χ0v) is 12.5. The molecule has 0 aliphatic heterocycles. The van der Waals surface area contributed by atoms with E-state index in [0.29, 0.717) is 10.9 Å². The van der Waals surface area contributed by atoms with Crippen molar-refractivity contribution < 1.29 is 23.5 Å². The molecule has 108 valence electrons. The Morgan fingerprint density at radius 2 is 1.60 bits per heavy atom. The molecule has 0 fully saturated rings. The molecule has 2 rings (SSSR count). The van der Waals surface area contributed by atoms with E-state index in [2.05, 4.69) is 4.74 Å². The molecule has 0 saturated carbocycles. The summed E-state index contributed by atoms with van der Waals surface area (Å²) in [6.07, 6.45) is 0. The number of hydrogen-bond donors (Lipinski definition) is 1. The summed E-state index contributed by atoms with van der Waals surface area (Å²) < 4.78 is 14.9. The number of rotatable bonds is 4. The average molecular weight is 296 g/mol. The van der Waals surface area contributed by atoms with E-state index in [9.17, 15) is 9.69 Å². The van der Waals surface area contributed by atoms with Crippen molar-refractivity contribution in [1.29, 1.82) is 0 Å². The fourth-order valence-corrected chi connectivity index (χ4v) is 3.28. The second-order valence-corrected chi connectivity index (χ2v) is 6.82. The molecule has 0 bridgehead atoms. The zero-order valence-electron chi connectivity index (χ0n) is 11.5. The third kappa shape index (κ3) is 2.67. The van der Waals surface area contributed by atoms with Crippen LogP contribution in [0.15, 0.2) is 36.4 Å². The first-order chi connectivity index (χ1) is 9.54. The molecule has 6 heteroatoms. The van der Waals surface area contributed by atoms with Gasteiger partial charge in [-0.05, 0) is 0 Å². The molecule has 0 heterocycles. The molecule has 5 nitrogen and oxygen atoms in total. The fraction of sp³-hybridized carbons (Fsp3) is 0.214. The van der Waals surface area contributed by atoms with Crippen molar-refractivity contribution in [3.05, 3.63) is 42.0 Å². The van der Waals surface area contributed by atoms with Crippen molar-refractivity contribution in [3.8, 4) is 0 Å². The van der Waals surface area contributed by atoms with Crippen LogP contribution in [-0.4, -0.2) is 32.2 Å². The van der Waals surface area contributed by atoms with Crippen molar-refractivity contribution in [3.63, 3.8) is 0 Å². The molecular weight excluding hydrogens is 279 g/mol. The van der Waals surface area contributed by atoms with Gasteiger partial charge in [0, 0.05) is 0 Å². The van der Waals surface area contributed by atoms with Crippen LogP contribution in [0.5, 0.6) is 0 Å². The molecule has 0 radical (unpaired) electrons. The van der Waals surface area contributed by atoms with Gasteiger partial charge in [0.15, 0.2) is 0 Å². The number of esters is 1. The Bertz CT molecular complexity index is 636. The first-order valence-corrected chi connectivity index (χ1v) is 7.75. The molecule has 0 aliphatic rings. The van der Waals surface area contributed by atoms with E-state index < -0.39 is 7.94 Å². The Balaban J connectivity index is 2.49. The van der Waals surface area contributed by atoms with Gasteiger partial charge in [0.1, 0.15) is 0 Å². The Hall–Kier alpha value is -1.52. The minimum absolute atomic E-state index is 0.379. The van der Waals surface area contributed by atoms with Crippen LogP contribution in [-0.2, 0) is 13.8 Å². The summed E-state index contributed by atoms with van der Waals surface area (Å²) in [5, 5.41) is 2.37. The van der Waals surface area contributed by atoms with Crippen molar-refractivity contribution in [2.45, 2.75) is 0 Å². The molecule has 2 aromatic rings. The molecule has 0 aromatic heterocycles. The quantitative estimate of drug-likeness (QED) is 0.691. The van der Waals surface area contributed by atoms with Gasteiger partial charge < -0.3 is 0 Å². The van der Waals surface area contributed by atoms with E-state index in [-0.39, 0.29) is 5.97 Å². The summed E-state index contributed by atoms with van der Waals surface area (Å²) in [5.41, 5.74) is 0.485. The summed E-state index contributed by atoms with van der Waals surface area (Å²) in [6.45, 7) is 0. The van der Waals surface area contributed by atoms with E-state index in [4.69, 9.17) is 9.05 Å². The standard InChI is InChI=1S/C14H17O5P/c1-17-14(15)12-5-4-11-9-13(7-6-10(11)8-12)20(16,18-2)19-3/h4-9,16,20H,1-3H3. The van der Waals surface area contributed by atoms with Crippen molar-refractivity contribution >= 4 is 30.0 Å². The molecule has 1 N–H and O–H groups in total. The minimum atomic E-state index is -3.32. The van der Waals surface area contributed by atoms with E-state index in [1.165, 1.54) is 21.3 Å². The molecule has 20 heavy (non-hydrogen) atoms. The second-order valence-electron chi connectivity index (χ2n) is 4.26. The summed E-state index contributed by atoms with van der Waals surface area (Å²) in [7, 11) is 0.855. The van der Waals surface area contributed by atoms with Gasteiger partial charge in [0.05, 0.1) is 0 Å². The summed E-state index contributed by atoms with van der Waals surface area (Å²) in [6, 6.07) is 10.6. The van der Waals surface area contributed by atoms with E-state index >= 15 is 0 Å². The average Bonchev–Trinajstić information content (AvgIpc) is 2.52. The molecule has 0 spiro atoms. The van der Waals surface area contributed by atoms with Gasteiger partial charge in [-0.2, -0.15) is 0 Å². The number of benzene rings is 2. The van der Waals surface area contributed by atoms with Crippen LogP contribution in [0.2, 0.25) is 0 Å². The molecule has 2 aromatic carbocycles. The molecule has 0 saturated heterocycles. The second kappa shape index (κ2) is 5.85. The number of carbonyl (C=O) groups is 1. The summed E-state index contributed by atoms with van der Waals surface area (Å²) >= 11 is 0. The van der Waals surface area contributed by atoms with Gasteiger partial charge in [-0.1, -0.05) is 0 Å². The molecule has 0 unspecified atom stereocenters. The SMILES string of the molecule is COC(=O)c1ccc2cc([PH](O)(OC)OC)ccc2c1. The first kappa shape index (κ1) is 14.9. The van der Waals surface area contributed by atoms with E-state index in [1.807, 2.05) is 6.07 Å². The fourth-order valence-electron chi connectivity index (χ4n) is 2.01. The predicted molar refractivity (Wildman–Crippen MR) is 79.5 cm³/mol. The van der Waals surface area contributed by atoms with Gasteiger partial charge in [0.2, 0.25) is 0 Å². The first-order valence-electron chi connectivity index (χ1n) is 5.99. The van der Waals surface area contributed by atoms with Gasteiger partial charge in [0.25, 0.3) is 0 Å².